The summed E-state index contributed by atoms with van der Waals surface area (Å²) < 4.78 is 6.36. The van der Waals surface area contributed by atoms with E-state index in [2.05, 4.69) is 39.8 Å². The molecule has 2 atom stereocenters. The smallest absolute Gasteiger partial charge is 0.373 e. The summed E-state index contributed by atoms with van der Waals surface area (Å²) in [5, 5.41) is 10.7. The Morgan fingerprint density at radius 1 is 1.27 bits per heavy atom. The average Bonchev–Trinajstić information content (AvgIpc) is 2.54. The number of hydrogen-bond donors (Lipinski definition) is 1. The van der Waals surface area contributed by atoms with Crippen LogP contribution in [-0.4, -0.2) is 16.9 Å². The third-order valence-electron chi connectivity index (χ3n) is 5.60. The maximum absolute atomic E-state index is 10.7. The highest BCUT2D eigenvalue weighted by Gasteiger charge is 2.45. The number of phenolic OH excluding ortho intramolecular Hbond substituents is 1. The number of fused-ring (bicyclic) bond motifs is 3. The van der Waals surface area contributed by atoms with E-state index in [1.807, 2.05) is 6.07 Å². The Bertz CT molecular complexity index is 696. The number of aromatic hydroxyl groups is 1. The van der Waals surface area contributed by atoms with E-state index in [4.69, 9.17) is 14.3 Å². The first-order valence-corrected chi connectivity index (χ1v) is 9.55. The average molecular weight is 358 g/mol. The minimum absolute atomic E-state index is 0.177. The summed E-state index contributed by atoms with van der Waals surface area (Å²) in [5.74, 6) is 2.04. The van der Waals surface area contributed by atoms with Crippen LogP contribution in [0.1, 0.15) is 76.8 Å². The summed E-state index contributed by atoms with van der Waals surface area (Å²) >= 11 is 0. The summed E-state index contributed by atoms with van der Waals surface area (Å²) in [6.45, 7) is 8.81. The van der Waals surface area contributed by atoms with E-state index < -0.39 is 0 Å². The van der Waals surface area contributed by atoms with E-state index in [1.54, 1.807) is 0 Å². The molecular formula is C22H30O4. The number of unbranched alkanes of at least 4 members (excludes halogenated alkanes) is 2. The molecule has 26 heavy (non-hydrogen) atoms. The third kappa shape index (κ3) is 4.37. The van der Waals surface area contributed by atoms with Crippen LogP contribution in [0.25, 0.3) is 0 Å². The summed E-state index contributed by atoms with van der Waals surface area (Å²) in [5.41, 5.74) is 3.46. The summed E-state index contributed by atoms with van der Waals surface area (Å²) in [4.78, 5) is 16.2. The van der Waals surface area contributed by atoms with Gasteiger partial charge in [-0.2, -0.15) is 9.59 Å². The van der Waals surface area contributed by atoms with Crippen molar-refractivity contribution in [2.75, 3.05) is 0 Å². The second kappa shape index (κ2) is 8.55. The van der Waals surface area contributed by atoms with Crippen molar-refractivity contribution < 1.29 is 19.4 Å². The van der Waals surface area contributed by atoms with Gasteiger partial charge in [-0.3, -0.25) is 0 Å². The van der Waals surface area contributed by atoms with Crippen LogP contribution >= 0.6 is 0 Å². The molecule has 0 spiro atoms. The van der Waals surface area contributed by atoms with Crippen LogP contribution in [0.15, 0.2) is 23.8 Å². The van der Waals surface area contributed by atoms with E-state index >= 15 is 0 Å². The van der Waals surface area contributed by atoms with Gasteiger partial charge in [-0.25, -0.2) is 0 Å². The molecule has 4 nitrogen and oxygen atoms in total. The lowest BCUT2D eigenvalue weighted by Crippen LogP contribution is -2.45. The number of rotatable bonds is 4. The number of hydrogen-bond acceptors (Lipinski definition) is 4. The molecule has 142 valence electrons. The number of benzene rings is 1. The first-order valence-electron chi connectivity index (χ1n) is 9.55. The van der Waals surface area contributed by atoms with Gasteiger partial charge in [0.25, 0.3) is 0 Å². The molecule has 0 saturated heterocycles. The van der Waals surface area contributed by atoms with Crippen molar-refractivity contribution in [3.05, 3.63) is 34.9 Å². The van der Waals surface area contributed by atoms with Crippen LogP contribution in [0.5, 0.6) is 11.5 Å². The standard InChI is InChI=1S/C21H30O2.CO2/c1-5-6-7-8-15-12-18(22)20-16-11-14(2)9-10-17(16)21(3,4)23-19(20)13-15;2-1-3/h11-13,16-17,22H,5-10H2,1-4H3;/t16-,17-;/m1./s1. The molecule has 1 aliphatic heterocycles. The van der Waals surface area contributed by atoms with Crippen molar-refractivity contribution in [1.29, 1.82) is 0 Å². The molecule has 0 amide bonds. The van der Waals surface area contributed by atoms with Gasteiger partial charge >= 0.3 is 6.15 Å². The maximum atomic E-state index is 10.7. The molecule has 1 aromatic rings. The Morgan fingerprint density at radius 2 is 1.96 bits per heavy atom. The fourth-order valence-electron chi connectivity index (χ4n) is 4.30. The van der Waals surface area contributed by atoms with Crippen LogP contribution in [0, 0.1) is 5.92 Å². The molecule has 1 heterocycles. The van der Waals surface area contributed by atoms with Crippen molar-refractivity contribution >= 4 is 6.15 Å². The maximum Gasteiger partial charge on any atom is 0.373 e. The Balaban J connectivity index is 0.000000758. The van der Waals surface area contributed by atoms with Gasteiger partial charge in [0.1, 0.15) is 17.1 Å². The zero-order valence-electron chi connectivity index (χ0n) is 16.3. The monoisotopic (exact) mass is 358 g/mol. The number of carbonyl (C=O) groups excluding carboxylic acids is 2. The van der Waals surface area contributed by atoms with E-state index in [-0.39, 0.29) is 17.7 Å². The molecule has 0 bridgehead atoms. The molecule has 0 aromatic heterocycles. The van der Waals surface area contributed by atoms with E-state index in [1.165, 1.54) is 30.4 Å². The predicted octanol–water partition coefficient (Wildman–Crippen LogP) is 5.15. The second-order valence-corrected chi connectivity index (χ2v) is 7.96. The van der Waals surface area contributed by atoms with Gasteiger partial charge < -0.3 is 9.84 Å². The van der Waals surface area contributed by atoms with Gasteiger partial charge in [0.2, 0.25) is 0 Å². The summed E-state index contributed by atoms with van der Waals surface area (Å²) in [7, 11) is 0. The molecule has 1 aliphatic carbocycles. The Morgan fingerprint density at radius 3 is 2.62 bits per heavy atom. The quantitative estimate of drug-likeness (QED) is 0.597. The van der Waals surface area contributed by atoms with Gasteiger partial charge in [0.15, 0.2) is 0 Å². The fraction of sp³-hybridized carbons (Fsp3) is 0.591. The predicted molar refractivity (Wildman–Crippen MR) is 100 cm³/mol. The number of phenols is 1. The van der Waals surface area contributed by atoms with Crippen LogP contribution in [0.3, 0.4) is 0 Å². The highest BCUT2D eigenvalue weighted by molar-refractivity contribution is 5.53. The van der Waals surface area contributed by atoms with Gasteiger partial charge in [-0.15, -0.1) is 0 Å². The molecule has 0 radical (unpaired) electrons. The normalized spacial score (nSPS) is 22.5. The lowest BCUT2D eigenvalue weighted by molar-refractivity contribution is -0.191. The first kappa shape index (κ1) is 20.3. The van der Waals surface area contributed by atoms with Crippen molar-refractivity contribution in [3.8, 4) is 11.5 Å². The highest BCUT2D eigenvalue weighted by atomic mass is 16.5. The van der Waals surface area contributed by atoms with Crippen LogP contribution < -0.4 is 4.74 Å². The van der Waals surface area contributed by atoms with Crippen molar-refractivity contribution in [2.24, 2.45) is 5.92 Å². The molecule has 3 rings (SSSR count). The molecule has 0 fully saturated rings. The molecule has 0 unspecified atom stereocenters. The second-order valence-electron chi connectivity index (χ2n) is 7.96. The van der Waals surface area contributed by atoms with Crippen LogP contribution in [-0.2, 0) is 16.0 Å². The van der Waals surface area contributed by atoms with Crippen molar-refractivity contribution in [2.45, 2.75) is 77.7 Å². The largest absolute Gasteiger partial charge is 0.507 e. The van der Waals surface area contributed by atoms with Gasteiger partial charge in [0, 0.05) is 17.4 Å². The minimum atomic E-state index is -0.177. The van der Waals surface area contributed by atoms with Crippen LogP contribution in [0.4, 0.5) is 0 Å². The van der Waals surface area contributed by atoms with Crippen LogP contribution in [0.2, 0.25) is 0 Å². The molecule has 4 heteroatoms. The third-order valence-corrected chi connectivity index (χ3v) is 5.60. The Hall–Kier alpha value is -2.06. The van der Waals surface area contributed by atoms with Gasteiger partial charge in [-0.1, -0.05) is 31.4 Å². The van der Waals surface area contributed by atoms with E-state index in [9.17, 15) is 5.11 Å². The van der Waals surface area contributed by atoms with Crippen molar-refractivity contribution in [1.82, 2.24) is 0 Å². The molecular weight excluding hydrogens is 328 g/mol. The molecule has 1 N–H and O–H groups in total. The minimum Gasteiger partial charge on any atom is -0.507 e. The first-order chi connectivity index (χ1) is 12.3. The Labute approximate surface area is 156 Å². The highest BCUT2D eigenvalue weighted by Crippen LogP contribution is 2.53. The number of aryl methyl sites for hydroxylation is 1. The van der Waals surface area contributed by atoms with Crippen molar-refractivity contribution in [3.63, 3.8) is 0 Å². The molecule has 2 aliphatic rings. The summed E-state index contributed by atoms with van der Waals surface area (Å²) in [6.07, 6.45) is 9.51. The fourth-order valence-corrected chi connectivity index (χ4v) is 4.30. The lowest BCUT2D eigenvalue weighted by Gasteiger charge is -2.46. The van der Waals surface area contributed by atoms with E-state index in [0.717, 1.165) is 30.6 Å². The lowest BCUT2D eigenvalue weighted by atomic mass is 9.68. The summed E-state index contributed by atoms with van der Waals surface area (Å²) in [6, 6.07) is 4.13. The van der Waals surface area contributed by atoms with E-state index in [0.29, 0.717) is 11.7 Å². The zero-order valence-corrected chi connectivity index (χ0v) is 16.3. The molecule has 1 aromatic carbocycles. The zero-order chi connectivity index (χ0) is 19.3. The molecule has 0 saturated carbocycles. The Kier molecular flexibility index (Phi) is 6.66. The SMILES string of the molecule is CCCCCc1cc(O)c2c(c1)OC(C)(C)[C@@H]1CCC(C)=C[C@@H]21.O=C=O. The topological polar surface area (TPSA) is 63.6 Å². The van der Waals surface area contributed by atoms with Gasteiger partial charge in [-0.05, 0) is 64.2 Å². The van der Waals surface area contributed by atoms with Gasteiger partial charge in [0.05, 0.1) is 0 Å². The number of ether oxygens (including phenoxy) is 1. The number of allylic oxidation sites excluding steroid dienone is 2.